The topological polar surface area (TPSA) is 12.9 Å². The molecule has 0 aromatic carbocycles. The van der Waals surface area contributed by atoms with Crippen molar-refractivity contribution in [2.75, 3.05) is 6.26 Å². The van der Waals surface area contributed by atoms with E-state index in [0.29, 0.717) is 0 Å². The second-order valence-electron chi connectivity index (χ2n) is 2.16. The van der Waals surface area contributed by atoms with Gasteiger partial charge in [-0.3, -0.25) is 4.98 Å². The standard InChI is InChI=1S/C8H10ClNS/c1-3-8-7(9)4-6(11-2)5-10-8/h4-5H,3H2,1-2H3. The summed E-state index contributed by atoms with van der Waals surface area (Å²) in [6.07, 6.45) is 4.77. The van der Waals surface area contributed by atoms with Crippen LogP contribution in [0.1, 0.15) is 12.6 Å². The third kappa shape index (κ3) is 2.11. The van der Waals surface area contributed by atoms with Crippen molar-refractivity contribution >= 4 is 23.4 Å². The summed E-state index contributed by atoms with van der Waals surface area (Å²) in [6.45, 7) is 2.05. The van der Waals surface area contributed by atoms with Crippen molar-refractivity contribution in [1.82, 2.24) is 4.98 Å². The summed E-state index contributed by atoms with van der Waals surface area (Å²) in [5.74, 6) is 0. The van der Waals surface area contributed by atoms with E-state index in [0.717, 1.165) is 22.0 Å². The first-order valence-electron chi connectivity index (χ1n) is 3.46. The molecule has 3 heteroatoms. The number of hydrogen-bond donors (Lipinski definition) is 0. The second kappa shape index (κ2) is 3.98. The fraction of sp³-hybridized carbons (Fsp3) is 0.375. The molecule has 0 aliphatic carbocycles. The Morgan fingerprint density at radius 3 is 2.82 bits per heavy atom. The molecule has 0 saturated heterocycles. The van der Waals surface area contributed by atoms with Gasteiger partial charge in [0.05, 0.1) is 10.7 Å². The first kappa shape index (κ1) is 8.88. The Morgan fingerprint density at radius 1 is 1.64 bits per heavy atom. The Morgan fingerprint density at radius 2 is 2.36 bits per heavy atom. The van der Waals surface area contributed by atoms with E-state index in [4.69, 9.17) is 11.6 Å². The Hall–Kier alpha value is -0.210. The molecular weight excluding hydrogens is 178 g/mol. The van der Waals surface area contributed by atoms with E-state index in [9.17, 15) is 0 Å². The van der Waals surface area contributed by atoms with Gasteiger partial charge in [0, 0.05) is 11.1 Å². The summed E-state index contributed by atoms with van der Waals surface area (Å²) in [5.41, 5.74) is 0.976. The van der Waals surface area contributed by atoms with Crippen molar-refractivity contribution in [2.45, 2.75) is 18.2 Å². The Kier molecular flexibility index (Phi) is 3.21. The lowest BCUT2D eigenvalue weighted by molar-refractivity contribution is 1.02. The SMILES string of the molecule is CCc1ncc(SC)cc1Cl. The molecule has 0 fully saturated rings. The van der Waals surface area contributed by atoms with Gasteiger partial charge in [-0.2, -0.15) is 0 Å². The second-order valence-corrected chi connectivity index (χ2v) is 3.44. The van der Waals surface area contributed by atoms with Crippen LogP contribution in [0.25, 0.3) is 0 Å². The van der Waals surface area contributed by atoms with Gasteiger partial charge in [-0.15, -0.1) is 11.8 Å². The van der Waals surface area contributed by atoms with Crippen molar-refractivity contribution < 1.29 is 0 Å². The molecule has 0 spiro atoms. The molecule has 1 nitrogen and oxygen atoms in total. The van der Waals surface area contributed by atoms with Crippen molar-refractivity contribution in [2.24, 2.45) is 0 Å². The lowest BCUT2D eigenvalue weighted by Crippen LogP contribution is -1.87. The molecule has 0 bridgehead atoms. The zero-order valence-electron chi connectivity index (χ0n) is 6.60. The van der Waals surface area contributed by atoms with Gasteiger partial charge in [-0.05, 0) is 18.7 Å². The first-order valence-corrected chi connectivity index (χ1v) is 5.06. The molecule has 11 heavy (non-hydrogen) atoms. The van der Waals surface area contributed by atoms with E-state index < -0.39 is 0 Å². The minimum atomic E-state index is 0.777. The van der Waals surface area contributed by atoms with Gasteiger partial charge < -0.3 is 0 Å². The van der Waals surface area contributed by atoms with Crippen molar-refractivity contribution in [3.05, 3.63) is 23.0 Å². The first-order chi connectivity index (χ1) is 5.27. The molecule has 60 valence electrons. The molecular formula is C8H10ClNS. The van der Waals surface area contributed by atoms with E-state index >= 15 is 0 Å². The third-order valence-electron chi connectivity index (χ3n) is 1.46. The molecule has 0 radical (unpaired) electrons. The maximum atomic E-state index is 5.93. The molecule has 1 heterocycles. The fourth-order valence-electron chi connectivity index (χ4n) is 0.820. The average molecular weight is 188 g/mol. The maximum absolute atomic E-state index is 5.93. The minimum Gasteiger partial charge on any atom is -0.259 e. The van der Waals surface area contributed by atoms with E-state index in [-0.39, 0.29) is 0 Å². The number of nitrogens with zero attached hydrogens (tertiary/aromatic N) is 1. The van der Waals surface area contributed by atoms with Crippen LogP contribution in [-0.2, 0) is 6.42 Å². The van der Waals surface area contributed by atoms with E-state index in [2.05, 4.69) is 4.98 Å². The van der Waals surface area contributed by atoms with Gasteiger partial charge in [0.1, 0.15) is 0 Å². The van der Waals surface area contributed by atoms with Crippen LogP contribution in [0.5, 0.6) is 0 Å². The van der Waals surface area contributed by atoms with Gasteiger partial charge in [0.2, 0.25) is 0 Å². The minimum absolute atomic E-state index is 0.777. The van der Waals surface area contributed by atoms with Crippen molar-refractivity contribution in [3.63, 3.8) is 0 Å². The summed E-state index contributed by atoms with van der Waals surface area (Å²) < 4.78 is 0. The number of thioether (sulfide) groups is 1. The quantitative estimate of drug-likeness (QED) is 0.661. The third-order valence-corrected chi connectivity index (χ3v) is 2.48. The van der Waals surface area contributed by atoms with E-state index in [1.165, 1.54) is 0 Å². The molecule has 0 N–H and O–H groups in total. The molecule has 1 rings (SSSR count). The largest absolute Gasteiger partial charge is 0.259 e. The molecule has 0 saturated carbocycles. The molecule has 1 aromatic rings. The van der Waals surface area contributed by atoms with Crippen LogP contribution in [0.4, 0.5) is 0 Å². The smallest absolute Gasteiger partial charge is 0.0632 e. The van der Waals surface area contributed by atoms with Crippen LogP contribution >= 0.6 is 23.4 Å². The number of pyridine rings is 1. The summed E-state index contributed by atoms with van der Waals surface area (Å²) >= 11 is 7.59. The van der Waals surface area contributed by atoms with Gasteiger partial charge in [-0.1, -0.05) is 18.5 Å². The zero-order valence-corrected chi connectivity index (χ0v) is 8.17. The molecule has 1 aromatic heterocycles. The molecule has 0 aliphatic heterocycles. The van der Waals surface area contributed by atoms with Gasteiger partial charge in [0.15, 0.2) is 0 Å². The fourth-order valence-corrected chi connectivity index (χ4v) is 1.58. The Labute approximate surface area is 76.2 Å². The summed E-state index contributed by atoms with van der Waals surface area (Å²) in [7, 11) is 0. The number of aryl methyl sites for hydroxylation is 1. The normalized spacial score (nSPS) is 10.1. The van der Waals surface area contributed by atoms with Gasteiger partial charge in [-0.25, -0.2) is 0 Å². The van der Waals surface area contributed by atoms with Crippen molar-refractivity contribution in [1.29, 1.82) is 0 Å². The van der Waals surface area contributed by atoms with Crippen LogP contribution in [0.3, 0.4) is 0 Å². The van der Waals surface area contributed by atoms with Gasteiger partial charge in [0.25, 0.3) is 0 Å². The number of aromatic nitrogens is 1. The number of halogens is 1. The highest BCUT2D eigenvalue weighted by atomic mass is 35.5. The lowest BCUT2D eigenvalue weighted by atomic mass is 10.3. The predicted octanol–water partition coefficient (Wildman–Crippen LogP) is 3.02. The summed E-state index contributed by atoms with van der Waals surface area (Å²) in [4.78, 5) is 5.33. The average Bonchev–Trinajstić information content (AvgIpc) is 2.04. The van der Waals surface area contributed by atoms with Gasteiger partial charge >= 0.3 is 0 Å². The van der Waals surface area contributed by atoms with E-state index in [1.807, 2.05) is 25.4 Å². The Bertz CT molecular complexity index is 250. The molecule has 0 unspecified atom stereocenters. The predicted molar refractivity (Wildman–Crippen MR) is 50.4 cm³/mol. The summed E-state index contributed by atoms with van der Waals surface area (Å²) in [6, 6.07) is 1.96. The van der Waals surface area contributed by atoms with Crippen LogP contribution in [-0.4, -0.2) is 11.2 Å². The molecule has 0 atom stereocenters. The lowest BCUT2D eigenvalue weighted by Gasteiger charge is -2.00. The Balaban J connectivity index is 2.99. The van der Waals surface area contributed by atoms with Crippen LogP contribution in [0, 0.1) is 0 Å². The monoisotopic (exact) mass is 187 g/mol. The van der Waals surface area contributed by atoms with Crippen molar-refractivity contribution in [3.8, 4) is 0 Å². The highest BCUT2D eigenvalue weighted by Gasteiger charge is 1.99. The molecule has 0 amide bonds. The maximum Gasteiger partial charge on any atom is 0.0632 e. The van der Waals surface area contributed by atoms with E-state index in [1.54, 1.807) is 11.8 Å². The molecule has 0 aliphatic rings. The van der Waals surface area contributed by atoms with Crippen LogP contribution in [0.2, 0.25) is 5.02 Å². The van der Waals surface area contributed by atoms with Crippen LogP contribution < -0.4 is 0 Å². The highest BCUT2D eigenvalue weighted by Crippen LogP contribution is 2.21. The van der Waals surface area contributed by atoms with Crippen LogP contribution in [0.15, 0.2) is 17.2 Å². The zero-order chi connectivity index (χ0) is 8.27. The number of hydrogen-bond acceptors (Lipinski definition) is 2. The summed E-state index contributed by atoms with van der Waals surface area (Å²) in [5, 5.41) is 0.777. The highest BCUT2D eigenvalue weighted by molar-refractivity contribution is 7.98. The number of rotatable bonds is 2.